The topological polar surface area (TPSA) is 0 Å². The summed E-state index contributed by atoms with van der Waals surface area (Å²) in [6.07, 6.45) is -2.61. The normalized spacial score (nSPS) is 15.6. The molecule has 0 aliphatic heterocycles. The average molecular weight is 309 g/mol. The van der Waals surface area contributed by atoms with E-state index in [1.54, 1.807) is 6.07 Å². The predicted octanol–water partition coefficient (Wildman–Crippen LogP) is 5.06. The zero-order valence-corrected chi connectivity index (χ0v) is 11.5. The van der Waals surface area contributed by atoms with Gasteiger partial charge in [0.2, 0.25) is 0 Å². The maximum atomic E-state index is 12.5. The first-order valence-corrected chi connectivity index (χ1v) is 6.51. The fourth-order valence-corrected chi connectivity index (χ4v) is 2.55. The summed E-state index contributed by atoms with van der Waals surface area (Å²) >= 11 is 3.45. The largest absolute Gasteiger partial charge is 0.416 e. The van der Waals surface area contributed by atoms with E-state index in [1.165, 1.54) is 12.1 Å². The third-order valence-corrected chi connectivity index (χ3v) is 2.94. The molecule has 0 N–H and O–H groups in total. The summed E-state index contributed by atoms with van der Waals surface area (Å²) < 4.78 is 37.5. The molecule has 1 aromatic rings. The van der Waals surface area contributed by atoms with Crippen molar-refractivity contribution in [2.75, 3.05) is 0 Å². The Kier molecular flexibility index (Phi) is 5.04. The first-order chi connectivity index (χ1) is 7.79. The Morgan fingerprint density at radius 1 is 1.24 bits per heavy atom. The molecule has 0 radical (unpaired) electrons. The molecule has 1 rings (SSSR count). The SMILES string of the molecule is CC(Br)CC(C)Cc1cccc(C(F)(F)F)c1. The summed E-state index contributed by atoms with van der Waals surface area (Å²) in [5, 5.41) is 0. The number of hydrogen-bond acceptors (Lipinski definition) is 0. The minimum absolute atomic E-state index is 0.368. The lowest BCUT2D eigenvalue weighted by molar-refractivity contribution is -0.137. The van der Waals surface area contributed by atoms with E-state index >= 15 is 0 Å². The third-order valence-electron chi connectivity index (χ3n) is 2.57. The summed E-state index contributed by atoms with van der Waals surface area (Å²) in [6, 6.07) is 5.59. The van der Waals surface area contributed by atoms with Gasteiger partial charge in [0, 0.05) is 4.83 Å². The van der Waals surface area contributed by atoms with Crippen LogP contribution >= 0.6 is 15.9 Å². The van der Waals surface area contributed by atoms with Crippen LogP contribution in [-0.4, -0.2) is 4.83 Å². The fraction of sp³-hybridized carbons (Fsp3) is 0.538. The van der Waals surface area contributed by atoms with Crippen molar-refractivity contribution in [1.82, 2.24) is 0 Å². The molecule has 0 heterocycles. The first kappa shape index (κ1) is 14.6. The molecule has 0 nitrogen and oxygen atoms in total. The Morgan fingerprint density at radius 3 is 2.41 bits per heavy atom. The number of rotatable bonds is 4. The van der Waals surface area contributed by atoms with E-state index in [0.29, 0.717) is 17.2 Å². The second-order valence-electron chi connectivity index (χ2n) is 4.52. The van der Waals surface area contributed by atoms with Crippen molar-refractivity contribution in [1.29, 1.82) is 0 Å². The van der Waals surface area contributed by atoms with Crippen molar-refractivity contribution in [3.05, 3.63) is 35.4 Å². The quantitative estimate of drug-likeness (QED) is 0.682. The molecule has 1 aromatic carbocycles. The van der Waals surface area contributed by atoms with Crippen LogP contribution in [-0.2, 0) is 12.6 Å². The van der Waals surface area contributed by atoms with Crippen LogP contribution in [0.5, 0.6) is 0 Å². The van der Waals surface area contributed by atoms with Crippen molar-refractivity contribution >= 4 is 15.9 Å². The molecule has 0 amide bonds. The van der Waals surface area contributed by atoms with E-state index in [9.17, 15) is 13.2 Å². The second kappa shape index (κ2) is 5.89. The highest BCUT2D eigenvalue weighted by molar-refractivity contribution is 9.09. The molecular formula is C13H16BrF3. The molecule has 0 spiro atoms. The Morgan fingerprint density at radius 2 is 1.88 bits per heavy atom. The third kappa shape index (κ3) is 5.11. The van der Waals surface area contributed by atoms with Crippen LogP contribution in [0.4, 0.5) is 13.2 Å². The maximum Gasteiger partial charge on any atom is 0.416 e. The number of hydrogen-bond donors (Lipinski definition) is 0. The van der Waals surface area contributed by atoms with E-state index in [-0.39, 0.29) is 0 Å². The Bertz CT molecular complexity index is 358. The highest BCUT2D eigenvalue weighted by Crippen LogP contribution is 2.30. The lowest BCUT2D eigenvalue weighted by Gasteiger charge is -2.14. The van der Waals surface area contributed by atoms with Crippen molar-refractivity contribution in [3.8, 4) is 0 Å². The molecule has 0 fully saturated rings. The summed E-state index contributed by atoms with van der Waals surface area (Å²) in [5.74, 6) is 0.368. The molecule has 0 aliphatic rings. The summed E-state index contributed by atoms with van der Waals surface area (Å²) in [4.78, 5) is 0.392. The molecule has 4 heteroatoms. The van der Waals surface area contributed by atoms with Gasteiger partial charge in [-0.1, -0.05) is 48.0 Å². The Balaban J connectivity index is 2.72. The van der Waals surface area contributed by atoms with E-state index in [0.717, 1.165) is 18.1 Å². The highest BCUT2D eigenvalue weighted by Gasteiger charge is 2.30. The van der Waals surface area contributed by atoms with Crippen LogP contribution in [0.3, 0.4) is 0 Å². The van der Waals surface area contributed by atoms with Crippen LogP contribution < -0.4 is 0 Å². The van der Waals surface area contributed by atoms with Crippen molar-refractivity contribution in [2.45, 2.75) is 37.7 Å². The van der Waals surface area contributed by atoms with Crippen LogP contribution in [0, 0.1) is 5.92 Å². The molecule has 2 atom stereocenters. The molecule has 2 unspecified atom stereocenters. The smallest absolute Gasteiger partial charge is 0.166 e. The molecule has 0 aromatic heterocycles. The molecule has 0 bridgehead atoms. The lowest BCUT2D eigenvalue weighted by atomic mass is 9.96. The van der Waals surface area contributed by atoms with Gasteiger partial charge in [-0.05, 0) is 30.4 Å². The van der Waals surface area contributed by atoms with Gasteiger partial charge >= 0.3 is 6.18 Å². The zero-order valence-electron chi connectivity index (χ0n) is 9.89. The minimum atomic E-state index is -4.25. The molecule has 96 valence electrons. The lowest BCUT2D eigenvalue weighted by Crippen LogP contribution is -2.08. The Labute approximate surface area is 108 Å². The van der Waals surface area contributed by atoms with Gasteiger partial charge in [-0.25, -0.2) is 0 Å². The van der Waals surface area contributed by atoms with Gasteiger partial charge in [0.25, 0.3) is 0 Å². The van der Waals surface area contributed by atoms with Crippen LogP contribution in [0.15, 0.2) is 24.3 Å². The average Bonchev–Trinajstić information content (AvgIpc) is 2.15. The highest BCUT2D eigenvalue weighted by atomic mass is 79.9. The predicted molar refractivity (Wildman–Crippen MR) is 67.3 cm³/mol. The van der Waals surface area contributed by atoms with Gasteiger partial charge in [0.05, 0.1) is 5.56 Å². The summed E-state index contributed by atoms with van der Waals surface area (Å²) in [6.45, 7) is 4.10. The number of halogens is 4. The van der Waals surface area contributed by atoms with Gasteiger partial charge in [-0.3, -0.25) is 0 Å². The zero-order chi connectivity index (χ0) is 13.1. The van der Waals surface area contributed by atoms with Gasteiger partial charge in [-0.15, -0.1) is 0 Å². The summed E-state index contributed by atoms with van der Waals surface area (Å²) in [7, 11) is 0. The van der Waals surface area contributed by atoms with Gasteiger partial charge in [0.1, 0.15) is 0 Å². The van der Waals surface area contributed by atoms with Gasteiger partial charge < -0.3 is 0 Å². The summed E-state index contributed by atoms with van der Waals surface area (Å²) in [5.41, 5.74) is 0.189. The van der Waals surface area contributed by atoms with Crippen LogP contribution in [0.2, 0.25) is 0 Å². The first-order valence-electron chi connectivity index (χ1n) is 5.59. The van der Waals surface area contributed by atoms with E-state index in [1.807, 2.05) is 6.92 Å². The van der Waals surface area contributed by atoms with Gasteiger partial charge in [0.15, 0.2) is 0 Å². The molecule has 0 saturated heterocycles. The second-order valence-corrected chi connectivity index (χ2v) is 6.09. The van der Waals surface area contributed by atoms with E-state index < -0.39 is 11.7 Å². The minimum Gasteiger partial charge on any atom is -0.166 e. The molecule has 0 aliphatic carbocycles. The number of benzene rings is 1. The Hall–Kier alpha value is -0.510. The standard InChI is InChI=1S/C13H16BrF3/c1-9(6-10(2)14)7-11-4-3-5-12(8-11)13(15,16)17/h3-5,8-10H,6-7H2,1-2H3. The van der Waals surface area contributed by atoms with Crippen molar-refractivity contribution < 1.29 is 13.2 Å². The maximum absolute atomic E-state index is 12.5. The fourth-order valence-electron chi connectivity index (χ4n) is 1.91. The van der Waals surface area contributed by atoms with Crippen molar-refractivity contribution in [3.63, 3.8) is 0 Å². The van der Waals surface area contributed by atoms with Crippen LogP contribution in [0.25, 0.3) is 0 Å². The van der Waals surface area contributed by atoms with Crippen LogP contribution in [0.1, 0.15) is 31.4 Å². The number of alkyl halides is 4. The molecular weight excluding hydrogens is 293 g/mol. The monoisotopic (exact) mass is 308 g/mol. The molecule has 17 heavy (non-hydrogen) atoms. The molecule has 0 saturated carbocycles. The van der Waals surface area contributed by atoms with E-state index in [2.05, 4.69) is 22.9 Å². The van der Waals surface area contributed by atoms with Gasteiger partial charge in [-0.2, -0.15) is 13.2 Å². The van der Waals surface area contributed by atoms with Crippen molar-refractivity contribution in [2.24, 2.45) is 5.92 Å². The van der Waals surface area contributed by atoms with E-state index in [4.69, 9.17) is 0 Å².